The third-order valence-corrected chi connectivity index (χ3v) is 3.56. The first kappa shape index (κ1) is 13.7. The molecular formula is C16H21N3. The van der Waals surface area contributed by atoms with Crippen LogP contribution in [0.1, 0.15) is 34.1 Å². The molecule has 0 saturated carbocycles. The topological polar surface area (TPSA) is 37.8 Å². The molecule has 0 aliphatic carbocycles. The van der Waals surface area contributed by atoms with Gasteiger partial charge in [0.25, 0.3) is 0 Å². The Morgan fingerprint density at radius 3 is 2.26 bits per heavy atom. The Bertz CT molecular complexity index is 526. The molecule has 0 aliphatic rings. The molecule has 0 saturated heterocycles. The van der Waals surface area contributed by atoms with Crippen LogP contribution in [0.15, 0.2) is 30.6 Å². The minimum Gasteiger partial charge on any atom is -0.311 e. The molecule has 0 aliphatic heterocycles. The van der Waals surface area contributed by atoms with Gasteiger partial charge in [0.2, 0.25) is 0 Å². The van der Waals surface area contributed by atoms with Gasteiger partial charge in [-0.1, -0.05) is 18.2 Å². The Morgan fingerprint density at radius 2 is 1.74 bits per heavy atom. The van der Waals surface area contributed by atoms with Gasteiger partial charge in [-0.05, 0) is 50.9 Å². The number of aryl methyl sites for hydroxylation is 3. The first-order valence-electron chi connectivity index (χ1n) is 6.62. The molecule has 3 nitrogen and oxygen atoms in total. The van der Waals surface area contributed by atoms with E-state index in [2.05, 4.69) is 47.3 Å². The van der Waals surface area contributed by atoms with E-state index in [9.17, 15) is 0 Å². The monoisotopic (exact) mass is 255 g/mol. The first-order chi connectivity index (χ1) is 9.11. The molecule has 1 aromatic carbocycles. The average molecular weight is 255 g/mol. The van der Waals surface area contributed by atoms with Gasteiger partial charge in [0.15, 0.2) is 0 Å². The smallest absolute Gasteiger partial charge is 0.0759 e. The van der Waals surface area contributed by atoms with Crippen LogP contribution in [0.3, 0.4) is 0 Å². The minimum absolute atomic E-state index is 0.202. The fourth-order valence-electron chi connectivity index (χ4n) is 2.31. The van der Waals surface area contributed by atoms with Crippen molar-refractivity contribution in [2.24, 2.45) is 0 Å². The number of benzene rings is 1. The molecule has 2 rings (SSSR count). The van der Waals surface area contributed by atoms with Crippen molar-refractivity contribution in [3.8, 4) is 0 Å². The highest BCUT2D eigenvalue weighted by Gasteiger charge is 2.14. The number of nitrogens with zero attached hydrogens (tertiary/aromatic N) is 2. The summed E-state index contributed by atoms with van der Waals surface area (Å²) in [5.74, 6) is 0. The molecule has 0 spiro atoms. The number of aromatic nitrogens is 2. The largest absolute Gasteiger partial charge is 0.311 e. The molecule has 0 amide bonds. The number of rotatable bonds is 4. The van der Waals surface area contributed by atoms with Crippen LogP contribution in [0, 0.1) is 20.8 Å². The minimum atomic E-state index is 0.202. The average Bonchev–Trinajstić information content (AvgIpc) is 2.40. The molecular weight excluding hydrogens is 234 g/mol. The van der Waals surface area contributed by atoms with Crippen molar-refractivity contribution in [2.75, 3.05) is 7.05 Å². The molecule has 1 atom stereocenters. The van der Waals surface area contributed by atoms with Crippen LogP contribution in [0.4, 0.5) is 0 Å². The van der Waals surface area contributed by atoms with Gasteiger partial charge in [-0.3, -0.25) is 9.97 Å². The Balaban J connectivity index is 2.26. The maximum Gasteiger partial charge on any atom is 0.0759 e. The van der Waals surface area contributed by atoms with E-state index >= 15 is 0 Å². The van der Waals surface area contributed by atoms with Gasteiger partial charge in [-0.15, -0.1) is 0 Å². The Kier molecular flexibility index (Phi) is 4.27. The van der Waals surface area contributed by atoms with Gasteiger partial charge in [-0.25, -0.2) is 0 Å². The van der Waals surface area contributed by atoms with E-state index in [4.69, 9.17) is 0 Å². The Morgan fingerprint density at radius 1 is 1.05 bits per heavy atom. The zero-order chi connectivity index (χ0) is 13.8. The van der Waals surface area contributed by atoms with Crippen LogP contribution in [-0.2, 0) is 6.42 Å². The lowest BCUT2D eigenvalue weighted by molar-refractivity contribution is 0.570. The third kappa shape index (κ3) is 3.18. The van der Waals surface area contributed by atoms with Gasteiger partial charge in [-0.2, -0.15) is 0 Å². The predicted molar refractivity (Wildman–Crippen MR) is 78.2 cm³/mol. The highest BCUT2D eigenvalue weighted by molar-refractivity contribution is 5.34. The number of hydrogen-bond donors (Lipinski definition) is 1. The van der Waals surface area contributed by atoms with Crippen LogP contribution in [-0.4, -0.2) is 17.0 Å². The molecule has 0 bridgehead atoms. The van der Waals surface area contributed by atoms with Crippen LogP contribution in [0.5, 0.6) is 0 Å². The van der Waals surface area contributed by atoms with Crippen LogP contribution < -0.4 is 5.32 Å². The summed E-state index contributed by atoms with van der Waals surface area (Å²) in [6.07, 6.45) is 4.63. The van der Waals surface area contributed by atoms with Gasteiger partial charge in [0.05, 0.1) is 23.6 Å². The molecule has 1 N–H and O–H groups in total. The van der Waals surface area contributed by atoms with E-state index in [0.717, 1.165) is 17.8 Å². The van der Waals surface area contributed by atoms with Crippen LogP contribution in [0.2, 0.25) is 0 Å². The summed E-state index contributed by atoms with van der Waals surface area (Å²) in [6, 6.07) is 6.63. The summed E-state index contributed by atoms with van der Waals surface area (Å²) < 4.78 is 0. The van der Waals surface area contributed by atoms with Crippen molar-refractivity contribution in [3.05, 3.63) is 58.7 Å². The number of nitrogens with one attached hydrogen (secondary N) is 1. The van der Waals surface area contributed by atoms with Crippen molar-refractivity contribution < 1.29 is 0 Å². The molecule has 3 heteroatoms. The number of hydrogen-bond acceptors (Lipinski definition) is 3. The van der Waals surface area contributed by atoms with Gasteiger partial charge >= 0.3 is 0 Å². The quantitative estimate of drug-likeness (QED) is 0.913. The number of likely N-dealkylation sites (N-methyl/N-ethyl adjacent to an activating group) is 1. The lowest BCUT2D eigenvalue weighted by Crippen LogP contribution is -2.21. The van der Waals surface area contributed by atoms with Crippen LogP contribution >= 0.6 is 0 Å². The Labute approximate surface area is 115 Å². The molecule has 1 unspecified atom stereocenters. The highest BCUT2D eigenvalue weighted by Crippen LogP contribution is 2.21. The normalized spacial score (nSPS) is 12.4. The van der Waals surface area contributed by atoms with E-state index in [0.29, 0.717) is 0 Å². The molecule has 0 radical (unpaired) electrons. The lowest BCUT2D eigenvalue weighted by atomic mass is 9.95. The lowest BCUT2D eigenvalue weighted by Gasteiger charge is -2.18. The van der Waals surface area contributed by atoms with Crippen LogP contribution in [0.25, 0.3) is 0 Å². The van der Waals surface area contributed by atoms with Crippen molar-refractivity contribution in [3.63, 3.8) is 0 Å². The maximum atomic E-state index is 4.48. The third-order valence-electron chi connectivity index (χ3n) is 3.56. The van der Waals surface area contributed by atoms with Gasteiger partial charge in [0, 0.05) is 6.20 Å². The summed E-state index contributed by atoms with van der Waals surface area (Å²) in [5, 5.41) is 3.34. The summed E-state index contributed by atoms with van der Waals surface area (Å²) in [4.78, 5) is 8.81. The van der Waals surface area contributed by atoms with Crippen molar-refractivity contribution in [2.45, 2.75) is 33.2 Å². The fraction of sp³-hybridized carbons (Fsp3) is 0.375. The second-order valence-corrected chi connectivity index (χ2v) is 5.00. The zero-order valence-corrected chi connectivity index (χ0v) is 12.1. The molecule has 19 heavy (non-hydrogen) atoms. The fourth-order valence-corrected chi connectivity index (χ4v) is 2.31. The van der Waals surface area contributed by atoms with Gasteiger partial charge < -0.3 is 5.32 Å². The van der Waals surface area contributed by atoms with E-state index in [1.54, 1.807) is 0 Å². The van der Waals surface area contributed by atoms with Crippen molar-refractivity contribution >= 4 is 0 Å². The van der Waals surface area contributed by atoms with E-state index in [1.807, 2.05) is 26.4 Å². The van der Waals surface area contributed by atoms with E-state index < -0.39 is 0 Å². The highest BCUT2D eigenvalue weighted by atomic mass is 14.9. The molecule has 1 heterocycles. The van der Waals surface area contributed by atoms with Crippen molar-refractivity contribution in [1.29, 1.82) is 0 Å². The standard InChI is InChI=1S/C16H21N3/c1-11-6-5-7-12(2)14(11)8-15(17-4)16-10-18-13(3)9-19-16/h5-7,9-10,15,17H,8H2,1-4H3. The maximum absolute atomic E-state index is 4.48. The Hall–Kier alpha value is -1.74. The second-order valence-electron chi connectivity index (χ2n) is 5.00. The predicted octanol–water partition coefficient (Wildman–Crippen LogP) is 2.91. The van der Waals surface area contributed by atoms with E-state index in [1.165, 1.54) is 16.7 Å². The molecule has 1 aromatic heterocycles. The first-order valence-corrected chi connectivity index (χ1v) is 6.62. The zero-order valence-electron chi connectivity index (χ0n) is 12.1. The summed E-state index contributed by atoms with van der Waals surface area (Å²) in [7, 11) is 1.97. The molecule has 2 aromatic rings. The summed E-state index contributed by atoms with van der Waals surface area (Å²) >= 11 is 0. The second kappa shape index (κ2) is 5.93. The van der Waals surface area contributed by atoms with Crippen molar-refractivity contribution in [1.82, 2.24) is 15.3 Å². The molecule has 0 fully saturated rings. The molecule has 100 valence electrons. The summed E-state index contributed by atoms with van der Waals surface area (Å²) in [6.45, 7) is 6.28. The summed E-state index contributed by atoms with van der Waals surface area (Å²) in [5.41, 5.74) is 6.01. The van der Waals surface area contributed by atoms with E-state index in [-0.39, 0.29) is 6.04 Å². The SMILES string of the molecule is CNC(Cc1c(C)cccc1C)c1cnc(C)cn1. The van der Waals surface area contributed by atoms with Gasteiger partial charge in [0.1, 0.15) is 0 Å².